The van der Waals surface area contributed by atoms with E-state index < -0.39 is 5.63 Å². The number of rotatable bonds is 4. The highest BCUT2D eigenvalue weighted by atomic mass is 16.5. The molecule has 0 saturated heterocycles. The minimum absolute atomic E-state index is 0.0351. The maximum atomic E-state index is 12.4. The first-order valence-electron chi connectivity index (χ1n) is 8.20. The van der Waals surface area contributed by atoms with Gasteiger partial charge in [0.2, 0.25) is 5.43 Å². The van der Waals surface area contributed by atoms with Crippen LogP contribution in [0.5, 0.6) is 5.75 Å². The molecule has 0 atom stereocenters. The van der Waals surface area contributed by atoms with Gasteiger partial charge in [0.1, 0.15) is 23.2 Å². The molecule has 0 saturated carbocycles. The lowest BCUT2D eigenvalue weighted by atomic mass is 10.00. The summed E-state index contributed by atoms with van der Waals surface area (Å²) in [6, 6.07) is 11.8. The van der Waals surface area contributed by atoms with E-state index in [0.717, 1.165) is 11.8 Å². The largest absolute Gasteiger partial charge is 0.496 e. The van der Waals surface area contributed by atoms with Crippen LogP contribution >= 0.6 is 0 Å². The van der Waals surface area contributed by atoms with Gasteiger partial charge in [0, 0.05) is 6.07 Å². The second kappa shape index (κ2) is 6.57. The standard InChI is InChI=1S/C21H14O6/c1-25-17-3-2-4-18-20(17)13(9-19(23)27-18)7-12-5-6-16-15(8-12)21(24)14(10-22)11-26-16/h2-6,8-11H,7H2,1H3. The van der Waals surface area contributed by atoms with Crippen molar-refractivity contribution in [3.8, 4) is 5.75 Å². The van der Waals surface area contributed by atoms with Gasteiger partial charge in [-0.15, -0.1) is 0 Å². The molecule has 0 aliphatic carbocycles. The molecule has 0 bridgehead atoms. The molecule has 0 fully saturated rings. The van der Waals surface area contributed by atoms with Gasteiger partial charge in [0.15, 0.2) is 6.29 Å². The van der Waals surface area contributed by atoms with Gasteiger partial charge >= 0.3 is 5.63 Å². The first-order valence-corrected chi connectivity index (χ1v) is 8.20. The summed E-state index contributed by atoms with van der Waals surface area (Å²) in [5.41, 5.74) is 1.44. The molecule has 0 radical (unpaired) electrons. The van der Waals surface area contributed by atoms with Crippen molar-refractivity contribution < 1.29 is 18.4 Å². The van der Waals surface area contributed by atoms with Crippen LogP contribution in [0.25, 0.3) is 21.9 Å². The average Bonchev–Trinajstić information content (AvgIpc) is 2.68. The van der Waals surface area contributed by atoms with Crippen LogP contribution in [0.4, 0.5) is 0 Å². The Labute approximate surface area is 152 Å². The van der Waals surface area contributed by atoms with Crippen molar-refractivity contribution in [2.45, 2.75) is 6.42 Å². The number of benzene rings is 2. The fourth-order valence-electron chi connectivity index (χ4n) is 3.18. The third kappa shape index (κ3) is 2.91. The number of hydrogen-bond acceptors (Lipinski definition) is 6. The summed E-state index contributed by atoms with van der Waals surface area (Å²) in [6.07, 6.45) is 2.00. The fraction of sp³-hybridized carbons (Fsp3) is 0.0952. The minimum atomic E-state index is -0.464. The summed E-state index contributed by atoms with van der Waals surface area (Å²) in [4.78, 5) is 35.3. The number of methoxy groups -OCH3 is 1. The molecule has 4 aromatic rings. The molecule has 0 aliphatic heterocycles. The Morgan fingerprint density at radius 3 is 2.70 bits per heavy atom. The van der Waals surface area contributed by atoms with Crippen LogP contribution in [0, 0.1) is 0 Å². The molecule has 27 heavy (non-hydrogen) atoms. The first kappa shape index (κ1) is 16.8. The van der Waals surface area contributed by atoms with Crippen molar-refractivity contribution in [2.75, 3.05) is 7.11 Å². The van der Waals surface area contributed by atoms with Gasteiger partial charge in [-0.05, 0) is 41.8 Å². The lowest BCUT2D eigenvalue weighted by molar-refractivity contribution is 0.112. The van der Waals surface area contributed by atoms with Crippen molar-refractivity contribution in [1.29, 1.82) is 0 Å². The summed E-state index contributed by atoms with van der Waals surface area (Å²) in [6.45, 7) is 0. The molecule has 2 aromatic heterocycles. The van der Waals surface area contributed by atoms with Gasteiger partial charge < -0.3 is 13.6 Å². The summed E-state index contributed by atoms with van der Waals surface area (Å²) in [5, 5.41) is 1.02. The minimum Gasteiger partial charge on any atom is -0.496 e. The Hall–Kier alpha value is -3.67. The van der Waals surface area contributed by atoms with Crippen molar-refractivity contribution in [2.24, 2.45) is 0 Å². The highest BCUT2D eigenvalue weighted by Crippen LogP contribution is 2.29. The predicted molar refractivity (Wildman–Crippen MR) is 99.7 cm³/mol. The molecule has 134 valence electrons. The van der Waals surface area contributed by atoms with E-state index in [1.807, 2.05) is 6.07 Å². The highest BCUT2D eigenvalue weighted by Gasteiger charge is 2.13. The maximum absolute atomic E-state index is 12.4. The van der Waals surface area contributed by atoms with Crippen LogP contribution in [0.15, 0.2) is 67.2 Å². The monoisotopic (exact) mass is 362 g/mol. The molecule has 6 nitrogen and oxygen atoms in total. The smallest absolute Gasteiger partial charge is 0.336 e. The normalized spacial score (nSPS) is 11.0. The lowest BCUT2D eigenvalue weighted by Gasteiger charge is -2.10. The highest BCUT2D eigenvalue weighted by molar-refractivity contribution is 5.88. The SMILES string of the molecule is COc1cccc2oc(=O)cc(Cc3ccc4occ(C=O)c(=O)c4c3)c12. The zero-order valence-electron chi connectivity index (χ0n) is 14.4. The van der Waals surface area contributed by atoms with Crippen LogP contribution < -0.4 is 15.8 Å². The molecular weight excluding hydrogens is 348 g/mol. The number of carbonyl (C=O) groups is 1. The Kier molecular flexibility index (Phi) is 4.08. The van der Waals surface area contributed by atoms with E-state index in [1.165, 1.54) is 6.07 Å². The topological polar surface area (TPSA) is 86.7 Å². The van der Waals surface area contributed by atoms with E-state index in [0.29, 0.717) is 46.0 Å². The maximum Gasteiger partial charge on any atom is 0.336 e. The summed E-state index contributed by atoms with van der Waals surface area (Å²) >= 11 is 0. The first-order chi connectivity index (χ1) is 13.1. The summed E-state index contributed by atoms with van der Waals surface area (Å²) in [5.74, 6) is 0.592. The number of hydrogen-bond donors (Lipinski definition) is 0. The van der Waals surface area contributed by atoms with Gasteiger partial charge in [0.25, 0.3) is 0 Å². The molecule has 0 amide bonds. The zero-order valence-corrected chi connectivity index (χ0v) is 14.4. The summed E-state index contributed by atoms with van der Waals surface area (Å²) in [7, 11) is 1.55. The number of fused-ring (bicyclic) bond motifs is 2. The number of carbonyl (C=O) groups excluding carboxylic acids is 1. The Bertz CT molecular complexity index is 1300. The third-order valence-electron chi connectivity index (χ3n) is 4.42. The van der Waals surface area contributed by atoms with E-state index in [2.05, 4.69) is 0 Å². The lowest BCUT2D eigenvalue weighted by Crippen LogP contribution is -2.08. The van der Waals surface area contributed by atoms with Gasteiger partial charge in [-0.2, -0.15) is 0 Å². The van der Waals surface area contributed by atoms with Gasteiger partial charge in [0.05, 0.1) is 23.4 Å². The van der Waals surface area contributed by atoms with Gasteiger partial charge in [-0.25, -0.2) is 4.79 Å². The number of aldehydes is 1. The predicted octanol–water partition coefficient (Wildman–Crippen LogP) is 3.31. The van der Waals surface area contributed by atoms with Crippen molar-refractivity contribution in [3.63, 3.8) is 0 Å². The van der Waals surface area contributed by atoms with E-state index in [-0.39, 0.29) is 11.0 Å². The molecular formula is C21H14O6. The Balaban J connectivity index is 1.89. The van der Waals surface area contributed by atoms with E-state index in [9.17, 15) is 14.4 Å². The van der Waals surface area contributed by atoms with Crippen molar-refractivity contribution in [3.05, 3.63) is 86.1 Å². The Morgan fingerprint density at radius 2 is 1.93 bits per heavy atom. The quantitative estimate of drug-likeness (QED) is 0.409. The van der Waals surface area contributed by atoms with Crippen LogP contribution in [-0.4, -0.2) is 13.4 Å². The van der Waals surface area contributed by atoms with E-state index >= 15 is 0 Å². The van der Waals surface area contributed by atoms with E-state index in [1.54, 1.807) is 37.4 Å². The van der Waals surface area contributed by atoms with Crippen LogP contribution in [-0.2, 0) is 6.42 Å². The molecule has 6 heteroatoms. The van der Waals surface area contributed by atoms with Crippen LogP contribution in [0.1, 0.15) is 21.5 Å². The van der Waals surface area contributed by atoms with E-state index in [4.69, 9.17) is 13.6 Å². The second-order valence-corrected chi connectivity index (χ2v) is 6.07. The molecule has 0 spiro atoms. The van der Waals surface area contributed by atoms with Crippen molar-refractivity contribution >= 4 is 28.2 Å². The average molecular weight is 362 g/mol. The third-order valence-corrected chi connectivity index (χ3v) is 4.42. The van der Waals surface area contributed by atoms with Crippen LogP contribution in [0.3, 0.4) is 0 Å². The molecule has 2 aromatic carbocycles. The molecule has 0 aliphatic rings. The van der Waals surface area contributed by atoms with Gasteiger partial charge in [-0.1, -0.05) is 12.1 Å². The zero-order chi connectivity index (χ0) is 19.0. The molecule has 0 N–H and O–H groups in total. The molecule has 2 heterocycles. The van der Waals surface area contributed by atoms with Crippen molar-refractivity contribution in [1.82, 2.24) is 0 Å². The Morgan fingerprint density at radius 1 is 1.07 bits per heavy atom. The molecule has 0 unspecified atom stereocenters. The number of ether oxygens (including phenoxy) is 1. The molecule has 4 rings (SSSR count). The summed E-state index contributed by atoms with van der Waals surface area (Å²) < 4.78 is 16.0. The van der Waals surface area contributed by atoms with Crippen LogP contribution in [0.2, 0.25) is 0 Å². The van der Waals surface area contributed by atoms with Gasteiger partial charge in [-0.3, -0.25) is 9.59 Å². The fourth-order valence-corrected chi connectivity index (χ4v) is 3.18. The second-order valence-electron chi connectivity index (χ2n) is 6.07.